The average molecular weight is 331 g/mol. The molecular weight excluding hydrogens is 304 g/mol. The van der Waals surface area contributed by atoms with Gasteiger partial charge >= 0.3 is 0 Å². The fourth-order valence-electron chi connectivity index (χ4n) is 3.18. The Balaban J connectivity index is 1.90. The molecule has 1 saturated carbocycles. The van der Waals surface area contributed by atoms with Gasteiger partial charge < -0.3 is 9.88 Å². The van der Waals surface area contributed by atoms with Crippen LogP contribution in [0.25, 0.3) is 11.3 Å². The minimum atomic E-state index is 0.596. The van der Waals surface area contributed by atoms with Gasteiger partial charge in [0.1, 0.15) is 0 Å². The molecular formula is C18H26N4S. The molecule has 1 aromatic carbocycles. The zero-order valence-electron chi connectivity index (χ0n) is 14.0. The summed E-state index contributed by atoms with van der Waals surface area (Å²) in [7, 11) is 1.95. The highest BCUT2D eigenvalue weighted by atomic mass is 32.2. The highest BCUT2D eigenvalue weighted by Gasteiger charge is 2.16. The van der Waals surface area contributed by atoms with E-state index in [-0.39, 0.29) is 0 Å². The van der Waals surface area contributed by atoms with Crippen LogP contribution in [0, 0.1) is 0 Å². The van der Waals surface area contributed by atoms with Crippen molar-refractivity contribution in [3.63, 3.8) is 0 Å². The number of benzene rings is 1. The van der Waals surface area contributed by atoms with Crippen LogP contribution in [0.4, 0.5) is 5.69 Å². The SMILES string of the molecule is CCn1cnc(-c2cc(SNC)ccc2NC2CCCCC2)c1. The number of hydrogen-bond donors (Lipinski definition) is 2. The molecule has 0 atom stereocenters. The van der Waals surface area contributed by atoms with Gasteiger partial charge in [-0.25, -0.2) is 4.98 Å². The third-order valence-corrected chi connectivity index (χ3v) is 5.14. The first kappa shape index (κ1) is 16.4. The maximum absolute atomic E-state index is 4.61. The topological polar surface area (TPSA) is 41.9 Å². The smallest absolute Gasteiger partial charge is 0.0953 e. The van der Waals surface area contributed by atoms with E-state index < -0.39 is 0 Å². The zero-order valence-corrected chi connectivity index (χ0v) is 14.8. The first-order valence-corrected chi connectivity index (χ1v) is 9.38. The fourth-order valence-corrected chi connectivity index (χ4v) is 3.73. The number of hydrogen-bond acceptors (Lipinski definition) is 4. The van der Waals surface area contributed by atoms with Gasteiger partial charge in [-0.05, 0) is 57.0 Å². The molecule has 0 amide bonds. The van der Waals surface area contributed by atoms with E-state index in [1.54, 1.807) is 11.9 Å². The van der Waals surface area contributed by atoms with Crippen LogP contribution in [0.5, 0.6) is 0 Å². The number of aromatic nitrogens is 2. The number of imidazole rings is 1. The number of anilines is 1. The molecule has 4 nitrogen and oxygen atoms in total. The monoisotopic (exact) mass is 330 g/mol. The van der Waals surface area contributed by atoms with Crippen molar-refractivity contribution in [3.05, 3.63) is 30.7 Å². The van der Waals surface area contributed by atoms with Crippen LogP contribution in [0.15, 0.2) is 35.6 Å². The Hall–Kier alpha value is -1.46. The van der Waals surface area contributed by atoms with E-state index >= 15 is 0 Å². The Labute approximate surface area is 143 Å². The molecule has 2 N–H and O–H groups in total. The molecule has 1 aromatic heterocycles. The first-order chi connectivity index (χ1) is 11.3. The van der Waals surface area contributed by atoms with Crippen molar-refractivity contribution in [1.82, 2.24) is 14.3 Å². The molecule has 0 saturated heterocycles. The molecule has 23 heavy (non-hydrogen) atoms. The molecule has 1 heterocycles. The predicted molar refractivity (Wildman–Crippen MR) is 98.7 cm³/mol. The van der Waals surface area contributed by atoms with Crippen molar-refractivity contribution in [3.8, 4) is 11.3 Å². The Morgan fingerprint density at radius 2 is 2.09 bits per heavy atom. The Morgan fingerprint density at radius 1 is 1.26 bits per heavy atom. The van der Waals surface area contributed by atoms with Gasteiger partial charge in [-0.2, -0.15) is 0 Å². The molecule has 3 rings (SSSR count). The Morgan fingerprint density at radius 3 is 2.78 bits per heavy atom. The van der Waals surface area contributed by atoms with Crippen molar-refractivity contribution in [2.75, 3.05) is 12.4 Å². The minimum absolute atomic E-state index is 0.596. The lowest BCUT2D eigenvalue weighted by Gasteiger charge is -2.25. The summed E-state index contributed by atoms with van der Waals surface area (Å²) in [5.41, 5.74) is 3.45. The van der Waals surface area contributed by atoms with Gasteiger partial charge in [0.25, 0.3) is 0 Å². The summed E-state index contributed by atoms with van der Waals surface area (Å²) in [6, 6.07) is 7.20. The van der Waals surface area contributed by atoms with Crippen molar-refractivity contribution in [1.29, 1.82) is 0 Å². The van der Waals surface area contributed by atoms with Crippen LogP contribution in [-0.4, -0.2) is 22.6 Å². The van der Waals surface area contributed by atoms with Crippen molar-refractivity contribution >= 4 is 17.6 Å². The van der Waals surface area contributed by atoms with Gasteiger partial charge in [0, 0.05) is 34.9 Å². The average Bonchev–Trinajstić information content (AvgIpc) is 3.06. The molecule has 0 unspecified atom stereocenters. The van der Waals surface area contributed by atoms with Crippen LogP contribution in [-0.2, 0) is 6.54 Å². The van der Waals surface area contributed by atoms with Crippen LogP contribution in [0.1, 0.15) is 39.0 Å². The van der Waals surface area contributed by atoms with E-state index in [0.717, 1.165) is 12.2 Å². The first-order valence-electron chi connectivity index (χ1n) is 8.56. The predicted octanol–water partition coefficient (Wildman–Crippen LogP) is 4.54. The largest absolute Gasteiger partial charge is 0.382 e. The molecule has 0 bridgehead atoms. The van der Waals surface area contributed by atoms with E-state index in [9.17, 15) is 0 Å². The normalized spacial score (nSPS) is 15.7. The molecule has 124 valence electrons. The van der Waals surface area contributed by atoms with Crippen LogP contribution in [0.3, 0.4) is 0 Å². The lowest BCUT2D eigenvalue weighted by molar-refractivity contribution is 0.463. The molecule has 5 heteroatoms. The van der Waals surface area contributed by atoms with Crippen LogP contribution >= 0.6 is 11.9 Å². The second kappa shape index (κ2) is 7.88. The summed E-state index contributed by atoms with van der Waals surface area (Å²) in [6.45, 7) is 3.09. The standard InChI is InChI=1S/C18H26N4S/c1-3-22-12-18(20-13-22)16-11-15(23-19-2)9-10-17(16)21-14-7-5-4-6-8-14/h9-14,19,21H,3-8H2,1-2H3. The van der Waals surface area contributed by atoms with E-state index in [1.807, 2.05) is 13.4 Å². The second-order valence-electron chi connectivity index (χ2n) is 6.08. The quantitative estimate of drug-likeness (QED) is 0.763. The third-order valence-electron chi connectivity index (χ3n) is 4.45. The molecule has 0 aliphatic heterocycles. The van der Waals surface area contributed by atoms with E-state index in [1.165, 1.54) is 48.3 Å². The van der Waals surface area contributed by atoms with Gasteiger partial charge in [-0.1, -0.05) is 19.3 Å². The maximum atomic E-state index is 4.61. The lowest BCUT2D eigenvalue weighted by Crippen LogP contribution is -2.22. The number of aryl methyl sites for hydroxylation is 1. The Kier molecular flexibility index (Phi) is 5.62. The van der Waals surface area contributed by atoms with Crippen molar-refractivity contribution in [2.24, 2.45) is 0 Å². The van der Waals surface area contributed by atoms with Crippen LogP contribution in [0.2, 0.25) is 0 Å². The number of rotatable bonds is 6. The molecule has 1 aliphatic rings. The molecule has 1 fully saturated rings. The van der Waals surface area contributed by atoms with Crippen molar-refractivity contribution in [2.45, 2.75) is 56.5 Å². The summed E-state index contributed by atoms with van der Waals surface area (Å²) in [4.78, 5) is 5.82. The summed E-state index contributed by atoms with van der Waals surface area (Å²) < 4.78 is 5.27. The van der Waals surface area contributed by atoms with E-state index in [0.29, 0.717) is 6.04 Å². The minimum Gasteiger partial charge on any atom is -0.382 e. The van der Waals surface area contributed by atoms with Gasteiger partial charge in [0.15, 0.2) is 0 Å². The van der Waals surface area contributed by atoms with Crippen LogP contribution < -0.4 is 10.0 Å². The maximum Gasteiger partial charge on any atom is 0.0953 e. The van der Waals surface area contributed by atoms with Gasteiger partial charge in [0.05, 0.1) is 12.0 Å². The van der Waals surface area contributed by atoms with Gasteiger partial charge in [-0.3, -0.25) is 4.72 Å². The summed E-state index contributed by atoms with van der Waals surface area (Å²) in [5.74, 6) is 0. The molecule has 2 aromatic rings. The lowest BCUT2D eigenvalue weighted by atomic mass is 9.95. The summed E-state index contributed by atoms with van der Waals surface area (Å²) in [6.07, 6.45) is 10.7. The van der Waals surface area contributed by atoms with E-state index in [2.05, 4.69) is 50.9 Å². The van der Waals surface area contributed by atoms with E-state index in [4.69, 9.17) is 0 Å². The highest BCUT2D eigenvalue weighted by molar-refractivity contribution is 7.97. The summed E-state index contributed by atoms with van der Waals surface area (Å²) >= 11 is 1.64. The number of nitrogens with zero attached hydrogens (tertiary/aromatic N) is 2. The third kappa shape index (κ3) is 4.09. The molecule has 1 aliphatic carbocycles. The highest BCUT2D eigenvalue weighted by Crippen LogP contribution is 2.33. The molecule has 0 radical (unpaired) electrons. The van der Waals surface area contributed by atoms with Crippen molar-refractivity contribution < 1.29 is 0 Å². The second-order valence-corrected chi connectivity index (χ2v) is 7.17. The Bertz CT molecular complexity index is 632. The summed E-state index contributed by atoms with van der Waals surface area (Å²) in [5, 5.41) is 3.77. The molecule has 0 spiro atoms. The van der Waals surface area contributed by atoms with Gasteiger partial charge in [-0.15, -0.1) is 0 Å². The zero-order chi connectivity index (χ0) is 16.1. The number of nitrogens with one attached hydrogen (secondary N) is 2. The fraction of sp³-hybridized carbons (Fsp3) is 0.500. The van der Waals surface area contributed by atoms with Gasteiger partial charge in [0.2, 0.25) is 0 Å².